The Morgan fingerprint density at radius 3 is 2.94 bits per heavy atom. The molecule has 0 spiro atoms. The van der Waals surface area contributed by atoms with E-state index in [1.807, 2.05) is 11.5 Å². The fraction of sp³-hybridized carbons (Fsp3) is 0.524. The smallest absolute Gasteiger partial charge is 0.257 e. The highest BCUT2D eigenvalue weighted by Gasteiger charge is 2.21. The van der Waals surface area contributed by atoms with Crippen LogP contribution in [0.15, 0.2) is 18.5 Å². The van der Waals surface area contributed by atoms with E-state index in [9.17, 15) is 10.4 Å². The van der Waals surface area contributed by atoms with Crippen molar-refractivity contribution < 1.29 is 19.3 Å². The molecule has 32 heavy (non-hydrogen) atoms. The first-order valence-electron chi connectivity index (χ1n) is 10.6. The molecular weight excluding hydrogens is 414 g/mol. The molecule has 3 aromatic heterocycles. The summed E-state index contributed by atoms with van der Waals surface area (Å²) in [5, 5.41) is 27.3. The highest BCUT2D eigenvalue weighted by atomic mass is 16.5. The number of fused-ring (bicyclic) bond motifs is 1. The number of aliphatic hydroxyl groups is 1. The topological polar surface area (TPSA) is 132 Å². The quantitative estimate of drug-likeness (QED) is 0.511. The predicted octanol–water partition coefficient (Wildman–Crippen LogP) is 2.00. The summed E-state index contributed by atoms with van der Waals surface area (Å²) in [6.45, 7) is 4.03. The van der Waals surface area contributed by atoms with Gasteiger partial charge in [-0.15, -0.1) is 5.10 Å². The number of nitriles is 1. The van der Waals surface area contributed by atoms with Gasteiger partial charge in [-0.2, -0.15) is 10.2 Å². The third-order valence-electron chi connectivity index (χ3n) is 5.29. The molecule has 0 amide bonds. The average molecular weight is 441 g/mol. The van der Waals surface area contributed by atoms with E-state index in [0.29, 0.717) is 55.2 Å². The molecule has 3 aromatic rings. The molecule has 0 bridgehead atoms. The Labute approximate surface area is 185 Å². The lowest BCUT2D eigenvalue weighted by Gasteiger charge is -2.22. The Morgan fingerprint density at radius 2 is 2.22 bits per heavy atom. The van der Waals surface area contributed by atoms with Crippen LogP contribution in [-0.4, -0.2) is 69.1 Å². The van der Waals surface area contributed by atoms with Crippen LogP contribution >= 0.6 is 0 Å². The molecule has 1 saturated heterocycles. The van der Waals surface area contributed by atoms with Crippen LogP contribution in [0.5, 0.6) is 5.88 Å². The zero-order valence-corrected chi connectivity index (χ0v) is 18.2. The zero-order valence-electron chi connectivity index (χ0n) is 18.2. The van der Waals surface area contributed by atoms with E-state index in [-0.39, 0.29) is 18.8 Å². The second kappa shape index (κ2) is 9.95. The van der Waals surface area contributed by atoms with Crippen molar-refractivity contribution in [1.29, 1.82) is 5.26 Å². The summed E-state index contributed by atoms with van der Waals surface area (Å²) in [7, 11) is 1.63. The number of aromatic nitrogens is 5. The van der Waals surface area contributed by atoms with Gasteiger partial charge in [-0.25, -0.2) is 4.98 Å². The Hall–Kier alpha value is -3.20. The maximum atomic E-state index is 9.55. The van der Waals surface area contributed by atoms with Crippen LogP contribution in [-0.2, 0) is 16.0 Å². The minimum Gasteiger partial charge on any atom is -0.472 e. The highest BCUT2D eigenvalue weighted by Crippen LogP contribution is 2.29. The fourth-order valence-corrected chi connectivity index (χ4v) is 3.78. The fourth-order valence-electron chi connectivity index (χ4n) is 3.78. The first-order chi connectivity index (χ1) is 15.6. The number of hydrogen-bond acceptors (Lipinski definition) is 9. The third kappa shape index (κ3) is 4.67. The van der Waals surface area contributed by atoms with Gasteiger partial charge < -0.3 is 29.2 Å². The van der Waals surface area contributed by atoms with E-state index in [2.05, 4.69) is 26.5 Å². The van der Waals surface area contributed by atoms with Crippen LogP contribution < -0.4 is 10.1 Å². The lowest BCUT2D eigenvalue weighted by molar-refractivity contribution is 0.0237. The molecule has 1 atom stereocenters. The summed E-state index contributed by atoms with van der Waals surface area (Å²) in [4.78, 5) is 9.06. The maximum absolute atomic E-state index is 9.55. The summed E-state index contributed by atoms with van der Waals surface area (Å²) in [5.41, 5.74) is 1.74. The van der Waals surface area contributed by atoms with Gasteiger partial charge in [0.05, 0.1) is 45.2 Å². The number of anilines is 2. The molecule has 0 saturated carbocycles. The minimum atomic E-state index is -0.0744. The first kappa shape index (κ1) is 22.0. The van der Waals surface area contributed by atoms with Crippen molar-refractivity contribution >= 4 is 22.7 Å². The molecule has 1 aliphatic rings. The van der Waals surface area contributed by atoms with Gasteiger partial charge in [0.2, 0.25) is 5.95 Å². The summed E-state index contributed by atoms with van der Waals surface area (Å²) in [5.74, 6) is 0.779. The average Bonchev–Trinajstić information content (AvgIpc) is 3.35. The first-order valence-corrected chi connectivity index (χ1v) is 10.6. The Kier molecular flexibility index (Phi) is 6.84. The standard InChI is InChI=1S/C21H27N7O4/c1-14(13-30-2)28-16(10-22)9-15-11-23-21(25-19(15)28)24-18-12-27(5-6-29)26-20(18)32-17-3-7-31-8-4-17/h9,11-12,14,17,29H,3-8,13H2,1-2H3,(H,23,24,25)/t14-/m0/s1. The van der Waals surface area contributed by atoms with Gasteiger partial charge in [-0.05, 0) is 13.0 Å². The van der Waals surface area contributed by atoms with E-state index >= 15 is 0 Å². The van der Waals surface area contributed by atoms with Crippen molar-refractivity contribution in [2.75, 3.05) is 38.9 Å². The Morgan fingerprint density at radius 1 is 1.41 bits per heavy atom. The second-order valence-corrected chi connectivity index (χ2v) is 7.68. The van der Waals surface area contributed by atoms with Crippen molar-refractivity contribution in [3.8, 4) is 11.9 Å². The van der Waals surface area contributed by atoms with Crippen molar-refractivity contribution in [1.82, 2.24) is 24.3 Å². The molecule has 170 valence electrons. The molecular formula is C21H27N7O4. The summed E-state index contributed by atoms with van der Waals surface area (Å²) in [6.07, 6.45) is 5.02. The third-order valence-corrected chi connectivity index (χ3v) is 5.29. The second-order valence-electron chi connectivity index (χ2n) is 7.68. The molecule has 11 heteroatoms. The SMILES string of the molecule is COC[C@H](C)n1c(C#N)cc2cnc(Nc3cn(CCO)nc3OC3CCOCC3)nc21. The van der Waals surface area contributed by atoms with Gasteiger partial charge in [-0.3, -0.25) is 4.68 Å². The van der Waals surface area contributed by atoms with Crippen LogP contribution in [0.3, 0.4) is 0 Å². The monoisotopic (exact) mass is 441 g/mol. The van der Waals surface area contributed by atoms with Crippen molar-refractivity contribution in [2.24, 2.45) is 0 Å². The van der Waals surface area contributed by atoms with Gasteiger partial charge in [0, 0.05) is 31.5 Å². The van der Waals surface area contributed by atoms with Crippen molar-refractivity contribution in [2.45, 2.75) is 38.5 Å². The number of nitrogens with zero attached hydrogens (tertiary/aromatic N) is 6. The lowest BCUT2D eigenvalue weighted by atomic mass is 10.1. The van der Waals surface area contributed by atoms with Gasteiger partial charge in [0.15, 0.2) is 0 Å². The molecule has 11 nitrogen and oxygen atoms in total. The zero-order chi connectivity index (χ0) is 22.5. The molecule has 0 radical (unpaired) electrons. The normalized spacial score (nSPS) is 15.6. The Balaban J connectivity index is 1.65. The van der Waals surface area contributed by atoms with Crippen molar-refractivity contribution in [3.05, 3.63) is 24.2 Å². The van der Waals surface area contributed by atoms with Crippen molar-refractivity contribution in [3.63, 3.8) is 0 Å². The molecule has 2 N–H and O–H groups in total. The molecule has 0 aliphatic carbocycles. The summed E-state index contributed by atoms with van der Waals surface area (Å²) >= 11 is 0. The van der Waals surface area contributed by atoms with Gasteiger partial charge in [0.1, 0.15) is 29.2 Å². The minimum absolute atomic E-state index is 0.00971. The van der Waals surface area contributed by atoms with E-state index in [1.165, 1.54) is 0 Å². The number of hydrogen-bond donors (Lipinski definition) is 2. The number of nitrogens with one attached hydrogen (secondary N) is 1. The summed E-state index contributed by atoms with van der Waals surface area (Å²) < 4.78 is 20.2. The van der Waals surface area contributed by atoms with E-state index < -0.39 is 0 Å². The van der Waals surface area contributed by atoms with E-state index in [1.54, 1.807) is 30.3 Å². The van der Waals surface area contributed by atoms with Gasteiger partial charge in [-0.1, -0.05) is 0 Å². The number of methoxy groups -OCH3 is 1. The van der Waals surface area contributed by atoms with E-state index in [0.717, 1.165) is 18.2 Å². The number of rotatable bonds is 9. The molecule has 4 heterocycles. The molecule has 0 aromatic carbocycles. The van der Waals surface area contributed by atoms with Gasteiger partial charge in [0.25, 0.3) is 5.88 Å². The van der Waals surface area contributed by atoms with Crippen LogP contribution in [0.4, 0.5) is 11.6 Å². The summed E-state index contributed by atoms with van der Waals surface area (Å²) in [6, 6.07) is 3.91. The molecule has 1 fully saturated rings. The Bertz CT molecular complexity index is 1100. The highest BCUT2D eigenvalue weighted by molar-refractivity contribution is 5.79. The maximum Gasteiger partial charge on any atom is 0.257 e. The van der Waals surface area contributed by atoms with Gasteiger partial charge >= 0.3 is 0 Å². The van der Waals surface area contributed by atoms with Crippen LogP contribution in [0.1, 0.15) is 31.5 Å². The number of ether oxygens (including phenoxy) is 3. The number of aliphatic hydroxyl groups excluding tert-OH is 1. The largest absolute Gasteiger partial charge is 0.472 e. The molecule has 4 rings (SSSR count). The molecule has 0 unspecified atom stereocenters. The van der Waals surface area contributed by atoms with Crippen LogP contribution in [0.25, 0.3) is 11.0 Å². The van der Waals surface area contributed by atoms with Crippen LogP contribution in [0.2, 0.25) is 0 Å². The molecule has 1 aliphatic heterocycles. The van der Waals surface area contributed by atoms with E-state index in [4.69, 9.17) is 14.2 Å². The van der Waals surface area contributed by atoms with Crippen LogP contribution in [0, 0.1) is 11.3 Å². The predicted molar refractivity (Wildman–Crippen MR) is 116 cm³/mol. The lowest BCUT2D eigenvalue weighted by Crippen LogP contribution is -2.26.